The second-order valence-corrected chi connectivity index (χ2v) is 8.59. The minimum absolute atomic E-state index is 0.0238. The predicted octanol–water partition coefficient (Wildman–Crippen LogP) is 5.53. The first-order valence-corrected chi connectivity index (χ1v) is 10.4. The summed E-state index contributed by atoms with van der Waals surface area (Å²) >= 11 is 0. The lowest BCUT2D eigenvalue weighted by atomic mass is 9.82. The van der Waals surface area contributed by atoms with Crippen LogP contribution in [0.15, 0.2) is 33.4 Å². The molecular weight excluding hydrogens is 340 g/mol. The Hall–Kier alpha value is -2.04. The van der Waals surface area contributed by atoms with E-state index >= 15 is 0 Å². The zero-order valence-electron chi connectivity index (χ0n) is 16.4. The summed E-state index contributed by atoms with van der Waals surface area (Å²) in [5.74, 6) is 2.67. The van der Waals surface area contributed by atoms with Gasteiger partial charge in [0.15, 0.2) is 11.5 Å². The summed E-state index contributed by atoms with van der Waals surface area (Å²) in [7, 11) is 0. The fourth-order valence-electron chi connectivity index (χ4n) is 4.71. The molecule has 1 amide bonds. The molecule has 2 heterocycles. The smallest absolute Gasteiger partial charge is 0.276 e. The molecule has 0 bridgehead atoms. The van der Waals surface area contributed by atoms with Crippen molar-refractivity contribution in [1.82, 2.24) is 10.1 Å². The fourth-order valence-corrected chi connectivity index (χ4v) is 4.71. The second kappa shape index (κ2) is 7.91. The van der Waals surface area contributed by atoms with E-state index in [1.165, 1.54) is 25.7 Å². The Bertz CT molecular complexity index is 713. The van der Waals surface area contributed by atoms with Crippen LogP contribution in [0.25, 0.3) is 11.5 Å². The quantitative estimate of drug-likeness (QED) is 0.709. The van der Waals surface area contributed by atoms with Crippen LogP contribution in [0.3, 0.4) is 0 Å². The molecule has 0 radical (unpaired) electrons. The van der Waals surface area contributed by atoms with Crippen LogP contribution in [0.1, 0.15) is 75.7 Å². The average Bonchev–Trinajstić information content (AvgIpc) is 3.36. The van der Waals surface area contributed by atoms with Crippen molar-refractivity contribution in [3.63, 3.8) is 0 Å². The van der Waals surface area contributed by atoms with Gasteiger partial charge in [-0.3, -0.25) is 4.79 Å². The Morgan fingerprint density at radius 2 is 1.56 bits per heavy atom. The number of furan rings is 1. The van der Waals surface area contributed by atoms with Gasteiger partial charge >= 0.3 is 0 Å². The molecule has 0 N–H and O–H groups in total. The van der Waals surface area contributed by atoms with Gasteiger partial charge in [-0.15, -0.1) is 0 Å². The molecule has 2 aromatic heterocycles. The highest BCUT2D eigenvalue weighted by molar-refractivity contribution is 5.93. The predicted molar refractivity (Wildman–Crippen MR) is 103 cm³/mol. The fraction of sp³-hybridized carbons (Fsp3) is 0.636. The largest absolute Gasteiger partial charge is 0.461 e. The number of hydrogen-bond acceptors (Lipinski definition) is 4. The molecule has 2 aromatic rings. The Balaban J connectivity index is 1.56. The molecule has 146 valence electrons. The van der Waals surface area contributed by atoms with Crippen LogP contribution >= 0.6 is 0 Å². The molecule has 0 atom stereocenters. The van der Waals surface area contributed by atoms with E-state index in [-0.39, 0.29) is 5.91 Å². The molecule has 0 unspecified atom stereocenters. The number of amides is 1. The van der Waals surface area contributed by atoms with Gasteiger partial charge < -0.3 is 13.8 Å². The van der Waals surface area contributed by atoms with Crippen LogP contribution in [0.2, 0.25) is 0 Å². The van der Waals surface area contributed by atoms with E-state index in [1.807, 2.05) is 6.07 Å². The summed E-state index contributed by atoms with van der Waals surface area (Å²) in [6.07, 6.45) is 10.8. The Morgan fingerprint density at radius 3 is 2.07 bits per heavy atom. The van der Waals surface area contributed by atoms with Crippen LogP contribution in [0.5, 0.6) is 0 Å². The van der Waals surface area contributed by atoms with E-state index in [0.717, 1.165) is 37.5 Å². The first kappa shape index (κ1) is 18.3. The molecule has 2 aliphatic rings. The average molecular weight is 370 g/mol. The summed E-state index contributed by atoms with van der Waals surface area (Å²) in [5, 5.41) is 4.09. The molecule has 0 saturated heterocycles. The van der Waals surface area contributed by atoms with Crippen molar-refractivity contribution in [3.8, 4) is 11.5 Å². The number of nitrogens with zero attached hydrogens (tertiary/aromatic N) is 2. The molecule has 0 aliphatic heterocycles. The summed E-state index contributed by atoms with van der Waals surface area (Å²) in [6, 6.07) is 6.01. The highest BCUT2D eigenvalue weighted by atomic mass is 16.5. The number of carbonyl (C=O) groups is 1. The van der Waals surface area contributed by atoms with Crippen LogP contribution in [-0.2, 0) is 0 Å². The van der Waals surface area contributed by atoms with Crippen molar-refractivity contribution in [2.24, 2.45) is 11.8 Å². The molecule has 27 heavy (non-hydrogen) atoms. The van der Waals surface area contributed by atoms with Gasteiger partial charge in [-0.25, -0.2) is 0 Å². The summed E-state index contributed by atoms with van der Waals surface area (Å²) < 4.78 is 10.8. The van der Waals surface area contributed by atoms with Gasteiger partial charge in [-0.05, 0) is 75.3 Å². The van der Waals surface area contributed by atoms with Crippen LogP contribution in [0.4, 0.5) is 0 Å². The lowest BCUT2D eigenvalue weighted by molar-refractivity contribution is 0.0385. The Morgan fingerprint density at radius 1 is 0.963 bits per heavy atom. The third-order valence-corrected chi connectivity index (χ3v) is 6.49. The van der Waals surface area contributed by atoms with Crippen molar-refractivity contribution in [2.45, 2.75) is 77.3 Å². The summed E-state index contributed by atoms with van der Waals surface area (Å²) in [5.41, 5.74) is 0.402. The van der Waals surface area contributed by atoms with Gasteiger partial charge in [0.1, 0.15) is 0 Å². The highest BCUT2D eigenvalue weighted by Gasteiger charge is 2.36. The van der Waals surface area contributed by atoms with Crippen molar-refractivity contribution in [3.05, 3.63) is 30.2 Å². The Kier molecular flexibility index (Phi) is 5.37. The van der Waals surface area contributed by atoms with Crippen molar-refractivity contribution in [2.75, 3.05) is 0 Å². The van der Waals surface area contributed by atoms with Crippen molar-refractivity contribution >= 4 is 5.91 Å². The molecule has 4 rings (SSSR count). The maximum Gasteiger partial charge on any atom is 0.276 e. The number of aromatic nitrogens is 1. The van der Waals surface area contributed by atoms with Crippen LogP contribution in [0, 0.1) is 11.8 Å². The first-order chi connectivity index (χ1) is 13.1. The number of rotatable bonds is 4. The molecule has 2 saturated carbocycles. The van der Waals surface area contributed by atoms with E-state index in [4.69, 9.17) is 8.94 Å². The molecule has 5 heteroatoms. The van der Waals surface area contributed by atoms with E-state index in [1.54, 1.807) is 18.4 Å². The SMILES string of the molecule is CC1CCC(N(C(=O)c2cc(-c3ccco3)on2)C2CCC(C)CC2)CC1. The zero-order valence-corrected chi connectivity index (χ0v) is 16.4. The van der Waals surface area contributed by atoms with Crippen molar-refractivity contribution < 1.29 is 13.7 Å². The standard InChI is InChI=1S/C22H30N2O3/c1-15-5-9-17(10-6-15)24(18-11-7-16(2)8-12-18)22(25)19-14-21(27-23-19)20-4-3-13-26-20/h3-4,13-18H,5-12H2,1-2H3. The number of carbonyl (C=O) groups excluding carboxylic acids is 1. The minimum Gasteiger partial charge on any atom is -0.461 e. The van der Waals surface area contributed by atoms with E-state index in [9.17, 15) is 4.79 Å². The summed E-state index contributed by atoms with van der Waals surface area (Å²) in [6.45, 7) is 4.63. The molecule has 0 aromatic carbocycles. The first-order valence-electron chi connectivity index (χ1n) is 10.4. The minimum atomic E-state index is 0.0238. The molecule has 5 nitrogen and oxygen atoms in total. The third-order valence-electron chi connectivity index (χ3n) is 6.49. The Labute approximate surface area is 161 Å². The van der Waals surface area contributed by atoms with Crippen LogP contribution in [-0.4, -0.2) is 28.0 Å². The van der Waals surface area contributed by atoms with E-state index in [2.05, 4.69) is 23.9 Å². The molecule has 2 fully saturated rings. The monoisotopic (exact) mass is 370 g/mol. The normalized spacial score (nSPS) is 28.8. The molecule has 2 aliphatic carbocycles. The zero-order chi connectivity index (χ0) is 18.8. The lowest BCUT2D eigenvalue weighted by Gasteiger charge is -2.43. The third kappa shape index (κ3) is 3.97. The van der Waals surface area contributed by atoms with E-state index < -0.39 is 0 Å². The van der Waals surface area contributed by atoms with Gasteiger partial charge in [0.05, 0.1) is 6.26 Å². The second-order valence-electron chi connectivity index (χ2n) is 8.59. The summed E-state index contributed by atoms with van der Waals surface area (Å²) in [4.78, 5) is 15.6. The van der Waals surface area contributed by atoms with Gasteiger partial charge in [0.25, 0.3) is 5.91 Å². The van der Waals surface area contributed by atoms with Gasteiger partial charge in [-0.2, -0.15) is 0 Å². The molecule has 0 spiro atoms. The van der Waals surface area contributed by atoms with Crippen molar-refractivity contribution in [1.29, 1.82) is 0 Å². The maximum atomic E-state index is 13.5. The highest BCUT2D eigenvalue weighted by Crippen LogP contribution is 2.35. The van der Waals surface area contributed by atoms with Crippen LogP contribution < -0.4 is 0 Å². The number of hydrogen-bond donors (Lipinski definition) is 0. The maximum absolute atomic E-state index is 13.5. The van der Waals surface area contributed by atoms with Gasteiger partial charge in [0.2, 0.25) is 5.76 Å². The van der Waals surface area contributed by atoms with E-state index in [0.29, 0.717) is 29.3 Å². The molecular formula is C22H30N2O3. The lowest BCUT2D eigenvalue weighted by Crippen LogP contribution is -2.49. The van der Waals surface area contributed by atoms with Gasteiger partial charge in [-0.1, -0.05) is 19.0 Å². The van der Waals surface area contributed by atoms with Gasteiger partial charge in [0, 0.05) is 18.2 Å². The topological polar surface area (TPSA) is 59.5 Å².